The Kier molecular flexibility index (Phi) is 6.09. The van der Waals surface area contributed by atoms with Gasteiger partial charge >= 0.3 is 0 Å². The predicted octanol–water partition coefficient (Wildman–Crippen LogP) is 2.02. The molecule has 3 nitrogen and oxygen atoms in total. The topological polar surface area (TPSA) is 32.5 Å². The molecule has 0 saturated heterocycles. The van der Waals surface area contributed by atoms with Gasteiger partial charge in [-0.05, 0) is 58.9 Å². The molecule has 0 heterocycles. The van der Waals surface area contributed by atoms with Crippen LogP contribution in [0.5, 0.6) is 0 Å². The zero-order chi connectivity index (χ0) is 13.8. The van der Waals surface area contributed by atoms with Gasteiger partial charge < -0.3 is 10.6 Å². The Hall–Kier alpha value is -0.120. The second kappa shape index (κ2) is 6.88. The molecule has 0 radical (unpaired) electrons. The van der Waals surface area contributed by atoms with E-state index in [0.717, 1.165) is 25.6 Å². The lowest BCUT2D eigenvalue weighted by atomic mass is 9.67. The molecule has 18 heavy (non-hydrogen) atoms. The highest BCUT2D eigenvalue weighted by Crippen LogP contribution is 2.40. The van der Waals surface area contributed by atoms with E-state index in [4.69, 9.17) is 5.73 Å². The van der Waals surface area contributed by atoms with E-state index in [-0.39, 0.29) is 5.54 Å². The van der Waals surface area contributed by atoms with Crippen molar-refractivity contribution in [3.05, 3.63) is 0 Å². The Labute approximate surface area is 114 Å². The van der Waals surface area contributed by atoms with E-state index in [1.54, 1.807) is 0 Å². The Morgan fingerprint density at radius 1 is 1.17 bits per heavy atom. The molecule has 0 aromatic heterocycles. The molecule has 0 bridgehead atoms. The van der Waals surface area contributed by atoms with Gasteiger partial charge in [0.1, 0.15) is 0 Å². The zero-order valence-corrected chi connectivity index (χ0v) is 13.1. The molecule has 3 heteroatoms. The van der Waals surface area contributed by atoms with Gasteiger partial charge in [-0.2, -0.15) is 0 Å². The lowest BCUT2D eigenvalue weighted by Gasteiger charge is -2.51. The van der Waals surface area contributed by atoms with Crippen molar-refractivity contribution in [1.82, 2.24) is 9.80 Å². The van der Waals surface area contributed by atoms with Crippen molar-refractivity contribution in [1.29, 1.82) is 0 Å². The highest BCUT2D eigenvalue weighted by molar-refractivity contribution is 4.99. The second-order valence-electron chi connectivity index (χ2n) is 6.54. The first kappa shape index (κ1) is 15.9. The molecule has 108 valence electrons. The van der Waals surface area contributed by atoms with Gasteiger partial charge in [-0.1, -0.05) is 26.7 Å². The van der Waals surface area contributed by atoms with Crippen LogP contribution in [0.4, 0.5) is 0 Å². The van der Waals surface area contributed by atoms with Crippen molar-refractivity contribution in [3.8, 4) is 0 Å². The minimum atomic E-state index is 0.240. The first-order valence-corrected chi connectivity index (χ1v) is 7.50. The summed E-state index contributed by atoms with van der Waals surface area (Å²) in [4.78, 5) is 4.81. The van der Waals surface area contributed by atoms with Crippen molar-refractivity contribution in [2.45, 2.75) is 45.1 Å². The smallest absolute Gasteiger partial charge is 0.0356 e. The number of hydrogen-bond donors (Lipinski definition) is 1. The Morgan fingerprint density at radius 2 is 1.83 bits per heavy atom. The van der Waals surface area contributed by atoms with E-state index in [2.05, 4.69) is 44.8 Å². The quantitative estimate of drug-likeness (QED) is 0.788. The zero-order valence-electron chi connectivity index (χ0n) is 13.1. The Bertz CT molecular complexity index is 242. The van der Waals surface area contributed by atoms with E-state index >= 15 is 0 Å². The SMILES string of the molecule is CC1CCCC(CN)(N(C)CCCN(C)C)C1C. The van der Waals surface area contributed by atoms with E-state index in [1.807, 2.05) is 0 Å². The first-order chi connectivity index (χ1) is 8.44. The number of hydrogen-bond acceptors (Lipinski definition) is 3. The van der Waals surface area contributed by atoms with Crippen molar-refractivity contribution in [2.75, 3.05) is 40.8 Å². The van der Waals surface area contributed by atoms with Crippen LogP contribution in [0.1, 0.15) is 39.5 Å². The summed E-state index contributed by atoms with van der Waals surface area (Å²) in [6.45, 7) is 7.92. The molecule has 0 aliphatic heterocycles. The summed E-state index contributed by atoms with van der Waals surface area (Å²) in [5, 5.41) is 0. The average molecular weight is 255 g/mol. The molecule has 1 aliphatic carbocycles. The summed E-state index contributed by atoms with van der Waals surface area (Å²) in [5.41, 5.74) is 6.41. The minimum absolute atomic E-state index is 0.240. The largest absolute Gasteiger partial charge is 0.329 e. The van der Waals surface area contributed by atoms with Crippen molar-refractivity contribution in [3.63, 3.8) is 0 Å². The van der Waals surface area contributed by atoms with Crippen molar-refractivity contribution >= 4 is 0 Å². The van der Waals surface area contributed by atoms with Crippen LogP contribution in [0.15, 0.2) is 0 Å². The van der Waals surface area contributed by atoms with Crippen molar-refractivity contribution in [2.24, 2.45) is 17.6 Å². The molecule has 3 atom stereocenters. The molecule has 0 aromatic rings. The highest BCUT2D eigenvalue weighted by Gasteiger charge is 2.43. The summed E-state index contributed by atoms with van der Waals surface area (Å²) in [6.07, 6.45) is 5.20. The van der Waals surface area contributed by atoms with Crippen LogP contribution in [0.2, 0.25) is 0 Å². The third kappa shape index (κ3) is 3.46. The van der Waals surface area contributed by atoms with Gasteiger partial charge in [0.25, 0.3) is 0 Å². The van der Waals surface area contributed by atoms with Gasteiger partial charge in [-0.25, -0.2) is 0 Å². The number of nitrogens with zero attached hydrogens (tertiary/aromatic N) is 2. The highest BCUT2D eigenvalue weighted by atomic mass is 15.2. The predicted molar refractivity (Wildman–Crippen MR) is 79.8 cm³/mol. The van der Waals surface area contributed by atoms with Crippen LogP contribution in [-0.2, 0) is 0 Å². The summed E-state index contributed by atoms with van der Waals surface area (Å²) >= 11 is 0. The van der Waals surface area contributed by atoms with E-state index in [9.17, 15) is 0 Å². The summed E-state index contributed by atoms with van der Waals surface area (Å²) in [5.74, 6) is 1.51. The fraction of sp³-hybridized carbons (Fsp3) is 1.00. The molecule has 1 rings (SSSR count). The molecule has 1 fully saturated rings. The van der Waals surface area contributed by atoms with Gasteiger partial charge in [-0.3, -0.25) is 4.90 Å². The molecule has 1 saturated carbocycles. The molecule has 2 N–H and O–H groups in total. The molecule has 1 aliphatic rings. The normalized spacial score (nSPS) is 33.3. The number of rotatable bonds is 6. The van der Waals surface area contributed by atoms with Crippen LogP contribution in [0.3, 0.4) is 0 Å². The molecule has 3 unspecified atom stereocenters. The third-order valence-electron chi connectivity index (χ3n) is 5.18. The maximum atomic E-state index is 6.17. The van der Waals surface area contributed by atoms with Crippen LogP contribution < -0.4 is 5.73 Å². The summed E-state index contributed by atoms with van der Waals surface area (Å²) < 4.78 is 0. The molecule has 0 aromatic carbocycles. The van der Waals surface area contributed by atoms with Gasteiger partial charge in [0.15, 0.2) is 0 Å². The maximum absolute atomic E-state index is 6.17. The third-order valence-corrected chi connectivity index (χ3v) is 5.18. The second-order valence-corrected chi connectivity index (χ2v) is 6.54. The van der Waals surface area contributed by atoms with E-state index in [1.165, 1.54) is 25.7 Å². The van der Waals surface area contributed by atoms with Gasteiger partial charge in [-0.15, -0.1) is 0 Å². The molecule has 0 spiro atoms. The van der Waals surface area contributed by atoms with Crippen LogP contribution in [-0.4, -0.2) is 56.1 Å². The maximum Gasteiger partial charge on any atom is 0.0356 e. The standard InChI is InChI=1S/C15H33N3/c1-13-8-6-9-15(12-16,14(13)2)18(5)11-7-10-17(3)4/h13-14H,6-12,16H2,1-5H3. The lowest BCUT2D eigenvalue weighted by Crippen LogP contribution is -2.59. The van der Waals surface area contributed by atoms with E-state index < -0.39 is 0 Å². The first-order valence-electron chi connectivity index (χ1n) is 7.50. The van der Waals surface area contributed by atoms with Gasteiger partial charge in [0.05, 0.1) is 0 Å². The monoisotopic (exact) mass is 255 g/mol. The Balaban J connectivity index is 2.62. The summed E-state index contributed by atoms with van der Waals surface area (Å²) in [7, 11) is 6.56. The molecular formula is C15H33N3. The van der Waals surface area contributed by atoms with E-state index in [0.29, 0.717) is 5.92 Å². The van der Waals surface area contributed by atoms with Crippen LogP contribution in [0.25, 0.3) is 0 Å². The van der Waals surface area contributed by atoms with Crippen LogP contribution >= 0.6 is 0 Å². The number of likely N-dealkylation sites (N-methyl/N-ethyl adjacent to an activating group) is 1. The lowest BCUT2D eigenvalue weighted by molar-refractivity contribution is 0.00516. The van der Waals surface area contributed by atoms with Crippen molar-refractivity contribution < 1.29 is 0 Å². The minimum Gasteiger partial charge on any atom is -0.329 e. The Morgan fingerprint density at radius 3 is 2.39 bits per heavy atom. The van der Waals surface area contributed by atoms with Gasteiger partial charge in [0.2, 0.25) is 0 Å². The summed E-state index contributed by atoms with van der Waals surface area (Å²) in [6, 6.07) is 0. The average Bonchev–Trinajstić information content (AvgIpc) is 2.32. The van der Waals surface area contributed by atoms with Crippen LogP contribution in [0, 0.1) is 11.8 Å². The van der Waals surface area contributed by atoms with Gasteiger partial charge in [0, 0.05) is 12.1 Å². The molecule has 0 amide bonds. The fourth-order valence-electron chi connectivity index (χ4n) is 3.57. The number of nitrogens with two attached hydrogens (primary N) is 1. The fourth-order valence-corrected chi connectivity index (χ4v) is 3.57. The molecular weight excluding hydrogens is 222 g/mol.